The summed E-state index contributed by atoms with van der Waals surface area (Å²) in [6.45, 7) is 2.77. The number of nitrogens with two attached hydrogens (primary N) is 1. The molecule has 80 valence electrons. The molecule has 2 rings (SSSR count). The largest absolute Gasteiger partial charge is 0.496 e. The minimum atomic E-state index is -0.189. The number of hydrogen-bond donors (Lipinski definition) is 1. The van der Waals surface area contributed by atoms with Gasteiger partial charge < -0.3 is 10.5 Å². The lowest BCUT2D eigenvalue weighted by atomic mass is 10.0. The molecule has 0 aliphatic carbocycles. The average molecular weight is 224 g/mol. The van der Waals surface area contributed by atoms with Crippen molar-refractivity contribution in [3.63, 3.8) is 0 Å². The molecule has 1 atom stereocenters. The Labute approximate surface area is 94.7 Å². The van der Waals surface area contributed by atoms with Crippen LogP contribution in [0.4, 0.5) is 0 Å². The van der Waals surface area contributed by atoms with E-state index in [1.807, 2.05) is 31.2 Å². The zero-order valence-electron chi connectivity index (χ0n) is 8.66. The van der Waals surface area contributed by atoms with Crippen LogP contribution in [0.1, 0.15) is 23.6 Å². The first-order valence-corrected chi connectivity index (χ1v) is 5.41. The van der Waals surface area contributed by atoms with Gasteiger partial charge in [0.15, 0.2) is 0 Å². The fraction of sp³-hybridized carbons (Fsp3) is 0.333. The Bertz CT molecular complexity index is 401. The molecule has 0 saturated heterocycles. The molecule has 1 unspecified atom stereocenters. The van der Waals surface area contributed by atoms with E-state index in [-0.39, 0.29) is 6.04 Å². The second kappa shape index (κ2) is 4.25. The van der Waals surface area contributed by atoms with E-state index in [0.29, 0.717) is 5.02 Å². The van der Waals surface area contributed by atoms with Gasteiger partial charge >= 0.3 is 0 Å². The molecular weight excluding hydrogens is 210 g/mol. The Morgan fingerprint density at radius 2 is 2.27 bits per heavy atom. The first-order valence-electron chi connectivity index (χ1n) is 5.03. The molecule has 0 amide bonds. The number of hydrogen-bond acceptors (Lipinski definition) is 2. The molecule has 2 N–H and O–H groups in total. The Morgan fingerprint density at radius 1 is 1.47 bits per heavy atom. The van der Waals surface area contributed by atoms with Gasteiger partial charge in [-0.15, -0.1) is 0 Å². The molecule has 0 radical (unpaired) electrons. The maximum atomic E-state index is 6.12. The third-order valence-corrected chi connectivity index (χ3v) is 2.85. The van der Waals surface area contributed by atoms with E-state index in [4.69, 9.17) is 22.1 Å². The molecule has 0 spiro atoms. The topological polar surface area (TPSA) is 35.2 Å². The zero-order chi connectivity index (χ0) is 10.8. The third kappa shape index (κ3) is 2.16. The summed E-state index contributed by atoms with van der Waals surface area (Å²) in [6, 6.07) is 5.57. The van der Waals surface area contributed by atoms with Gasteiger partial charge in [-0.2, -0.15) is 0 Å². The highest BCUT2D eigenvalue weighted by molar-refractivity contribution is 6.30. The van der Waals surface area contributed by atoms with Crippen molar-refractivity contribution in [2.75, 3.05) is 6.61 Å². The fourth-order valence-corrected chi connectivity index (χ4v) is 1.93. The Hall–Kier alpha value is -0.990. The Kier molecular flexibility index (Phi) is 2.98. The SMILES string of the molecule is Cc1ccc(Cl)cc1C(N)C1=CCCO1. The lowest BCUT2D eigenvalue weighted by molar-refractivity contribution is 0.225. The van der Waals surface area contributed by atoms with E-state index in [1.54, 1.807) is 0 Å². The van der Waals surface area contributed by atoms with Gasteiger partial charge in [0.25, 0.3) is 0 Å². The van der Waals surface area contributed by atoms with Gasteiger partial charge in [0.2, 0.25) is 0 Å². The monoisotopic (exact) mass is 223 g/mol. The van der Waals surface area contributed by atoms with Crippen LogP contribution in [-0.2, 0) is 4.74 Å². The maximum Gasteiger partial charge on any atom is 0.113 e. The highest BCUT2D eigenvalue weighted by Crippen LogP contribution is 2.28. The third-order valence-electron chi connectivity index (χ3n) is 2.61. The van der Waals surface area contributed by atoms with Crippen molar-refractivity contribution in [3.8, 4) is 0 Å². The molecule has 3 heteroatoms. The second-order valence-electron chi connectivity index (χ2n) is 3.72. The summed E-state index contributed by atoms with van der Waals surface area (Å²) >= 11 is 5.95. The van der Waals surface area contributed by atoms with Crippen LogP contribution in [0.25, 0.3) is 0 Å². The van der Waals surface area contributed by atoms with Crippen LogP contribution in [0.15, 0.2) is 30.0 Å². The summed E-state index contributed by atoms with van der Waals surface area (Å²) < 4.78 is 5.46. The Balaban J connectivity index is 2.31. The van der Waals surface area contributed by atoms with Gasteiger partial charge in [-0.3, -0.25) is 0 Å². The van der Waals surface area contributed by atoms with E-state index in [9.17, 15) is 0 Å². The van der Waals surface area contributed by atoms with Gasteiger partial charge in [0, 0.05) is 11.4 Å². The number of benzene rings is 1. The molecule has 1 heterocycles. The molecule has 1 aliphatic heterocycles. The van der Waals surface area contributed by atoms with Crippen molar-refractivity contribution in [1.82, 2.24) is 0 Å². The predicted molar refractivity (Wildman–Crippen MR) is 61.8 cm³/mol. The van der Waals surface area contributed by atoms with Crippen LogP contribution in [0, 0.1) is 6.92 Å². The van der Waals surface area contributed by atoms with Crippen molar-refractivity contribution < 1.29 is 4.74 Å². The highest BCUT2D eigenvalue weighted by Gasteiger charge is 2.18. The van der Waals surface area contributed by atoms with Gasteiger partial charge in [-0.25, -0.2) is 0 Å². The Morgan fingerprint density at radius 3 is 2.93 bits per heavy atom. The smallest absolute Gasteiger partial charge is 0.113 e. The summed E-state index contributed by atoms with van der Waals surface area (Å²) in [5.74, 6) is 0.861. The summed E-state index contributed by atoms with van der Waals surface area (Å²) in [5, 5.41) is 0.713. The fourth-order valence-electron chi connectivity index (χ4n) is 1.75. The number of aryl methyl sites for hydroxylation is 1. The van der Waals surface area contributed by atoms with Crippen molar-refractivity contribution in [3.05, 3.63) is 46.2 Å². The molecule has 0 fully saturated rings. The molecule has 0 aromatic heterocycles. The molecule has 0 saturated carbocycles. The van der Waals surface area contributed by atoms with Gasteiger partial charge in [0.05, 0.1) is 12.6 Å². The summed E-state index contributed by atoms with van der Waals surface area (Å²) in [5.41, 5.74) is 8.30. The molecule has 15 heavy (non-hydrogen) atoms. The minimum absolute atomic E-state index is 0.189. The molecule has 1 aliphatic rings. The van der Waals surface area contributed by atoms with Crippen molar-refractivity contribution in [1.29, 1.82) is 0 Å². The average Bonchev–Trinajstić information content (AvgIpc) is 2.74. The van der Waals surface area contributed by atoms with E-state index in [0.717, 1.165) is 29.9 Å². The van der Waals surface area contributed by atoms with Crippen LogP contribution >= 0.6 is 11.6 Å². The number of halogens is 1. The quantitative estimate of drug-likeness (QED) is 0.837. The van der Waals surface area contributed by atoms with E-state index < -0.39 is 0 Å². The van der Waals surface area contributed by atoms with Gasteiger partial charge in [-0.1, -0.05) is 17.7 Å². The van der Waals surface area contributed by atoms with Gasteiger partial charge in [-0.05, 0) is 36.3 Å². The van der Waals surface area contributed by atoms with E-state index in [2.05, 4.69) is 0 Å². The van der Waals surface area contributed by atoms with Gasteiger partial charge in [0.1, 0.15) is 5.76 Å². The van der Waals surface area contributed by atoms with Crippen LogP contribution in [0.2, 0.25) is 5.02 Å². The van der Waals surface area contributed by atoms with E-state index in [1.165, 1.54) is 0 Å². The van der Waals surface area contributed by atoms with Crippen LogP contribution in [0.3, 0.4) is 0 Å². The van der Waals surface area contributed by atoms with Crippen LogP contribution in [-0.4, -0.2) is 6.61 Å². The van der Waals surface area contributed by atoms with Crippen LogP contribution < -0.4 is 5.73 Å². The molecule has 1 aromatic carbocycles. The minimum Gasteiger partial charge on any atom is -0.496 e. The van der Waals surface area contributed by atoms with Crippen LogP contribution in [0.5, 0.6) is 0 Å². The summed E-state index contributed by atoms with van der Waals surface area (Å²) in [4.78, 5) is 0. The summed E-state index contributed by atoms with van der Waals surface area (Å²) in [7, 11) is 0. The molecule has 1 aromatic rings. The first-order chi connectivity index (χ1) is 7.18. The van der Waals surface area contributed by atoms with Crippen molar-refractivity contribution >= 4 is 11.6 Å². The van der Waals surface area contributed by atoms with Crippen molar-refractivity contribution in [2.24, 2.45) is 5.73 Å². The van der Waals surface area contributed by atoms with Crippen molar-refractivity contribution in [2.45, 2.75) is 19.4 Å². The molecule has 0 bridgehead atoms. The highest BCUT2D eigenvalue weighted by atomic mass is 35.5. The first kappa shape index (κ1) is 10.5. The second-order valence-corrected chi connectivity index (χ2v) is 4.16. The zero-order valence-corrected chi connectivity index (χ0v) is 9.42. The maximum absolute atomic E-state index is 6.12. The normalized spacial score (nSPS) is 17.1. The summed E-state index contributed by atoms with van der Waals surface area (Å²) in [6.07, 6.45) is 2.99. The predicted octanol–water partition coefficient (Wildman–Crippen LogP) is 2.95. The number of rotatable bonds is 2. The van der Waals surface area contributed by atoms with E-state index >= 15 is 0 Å². The lowest BCUT2D eigenvalue weighted by Gasteiger charge is -2.16. The molecule has 2 nitrogen and oxygen atoms in total. The standard InChI is InChI=1S/C12H14ClNO/c1-8-4-5-9(13)7-10(8)12(14)11-3-2-6-15-11/h3-5,7,12H,2,6,14H2,1H3. The number of ether oxygens (including phenoxy) is 1. The lowest BCUT2D eigenvalue weighted by Crippen LogP contribution is -2.14. The molecular formula is C12H14ClNO.